The number of halogens is 1. The van der Waals surface area contributed by atoms with Gasteiger partial charge in [-0.1, -0.05) is 18.2 Å². The molecule has 0 saturated heterocycles. The Kier molecular flexibility index (Phi) is 6.26. The lowest BCUT2D eigenvalue weighted by molar-refractivity contribution is 0.162. The molecule has 2 aromatic rings. The molecule has 1 aromatic carbocycles. The van der Waals surface area contributed by atoms with Crippen molar-refractivity contribution in [1.29, 1.82) is 0 Å². The number of amides is 2. The maximum absolute atomic E-state index is 13.6. The summed E-state index contributed by atoms with van der Waals surface area (Å²) in [5.74, 6) is -0.370. The lowest BCUT2D eigenvalue weighted by atomic mass is 10.0. The van der Waals surface area contributed by atoms with E-state index in [1.807, 2.05) is 6.07 Å². The fourth-order valence-corrected chi connectivity index (χ4v) is 2.28. The van der Waals surface area contributed by atoms with E-state index in [1.54, 1.807) is 44.4 Å². The molecule has 2 atom stereocenters. The van der Waals surface area contributed by atoms with Crippen LogP contribution in [0.2, 0.25) is 0 Å². The summed E-state index contributed by atoms with van der Waals surface area (Å²) in [6.07, 6.45) is 1.64. The number of pyridine rings is 1. The molecule has 0 bridgehead atoms. The Hall–Kier alpha value is -2.47. The highest BCUT2D eigenvalue weighted by atomic mass is 19.1. The summed E-state index contributed by atoms with van der Waals surface area (Å²) in [6.45, 7) is 2.09. The third-order valence-corrected chi connectivity index (χ3v) is 3.66. The second kappa shape index (κ2) is 8.40. The van der Waals surface area contributed by atoms with E-state index in [2.05, 4.69) is 10.3 Å². The Morgan fingerprint density at radius 2 is 2.12 bits per heavy atom. The minimum absolute atomic E-state index is 0.310. The molecule has 1 heterocycles. The van der Waals surface area contributed by atoms with Crippen LogP contribution in [-0.2, 0) is 0 Å². The molecule has 2 unspecified atom stereocenters. The lowest BCUT2D eigenvalue weighted by Gasteiger charge is -2.24. The number of carbonyl (C=O) groups is 1. The van der Waals surface area contributed by atoms with Gasteiger partial charge in [-0.05, 0) is 43.2 Å². The summed E-state index contributed by atoms with van der Waals surface area (Å²) in [6, 6.07) is 10.6. The van der Waals surface area contributed by atoms with Gasteiger partial charge in [-0.3, -0.25) is 4.98 Å². The summed E-state index contributed by atoms with van der Waals surface area (Å²) in [7, 11) is 1.65. The molecule has 0 fully saturated rings. The summed E-state index contributed by atoms with van der Waals surface area (Å²) in [5, 5.41) is 12.2. The predicted molar refractivity (Wildman–Crippen MR) is 89.9 cm³/mol. The molecule has 2 rings (SSSR count). The molecule has 2 amide bonds. The number of aromatic nitrogens is 1. The van der Waals surface area contributed by atoms with Crippen molar-refractivity contribution in [2.45, 2.75) is 25.5 Å². The Balaban J connectivity index is 2.19. The van der Waals surface area contributed by atoms with E-state index in [0.717, 1.165) is 0 Å². The van der Waals surface area contributed by atoms with Gasteiger partial charge >= 0.3 is 6.03 Å². The van der Waals surface area contributed by atoms with E-state index in [0.29, 0.717) is 24.2 Å². The van der Waals surface area contributed by atoms with Crippen molar-refractivity contribution in [3.8, 4) is 0 Å². The largest absolute Gasteiger partial charge is 0.393 e. The molecular formula is C18H22FN3O2. The summed E-state index contributed by atoms with van der Waals surface area (Å²) in [5.41, 5.74) is 1.24. The number of aliphatic hydroxyl groups excluding tert-OH is 1. The average molecular weight is 331 g/mol. The third-order valence-electron chi connectivity index (χ3n) is 3.66. The Morgan fingerprint density at radius 3 is 2.75 bits per heavy atom. The van der Waals surface area contributed by atoms with Crippen LogP contribution in [0.5, 0.6) is 0 Å². The fraction of sp³-hybridized carbons (Fsp3) is 0.333. The molecule has 0 radical (unpaired) electrons. The van der Waals surface area contributed by atoms with Crippen molar-refractivity contribution in [1.82, 2.24) is 15.2 Å². The number of urea groups is 1. The molecule has 2 N–H and O–H groups in total. The molecule has 24 heavy (non-hydrogen) atoms. The van der Waals surface area contributed by atoms with Gasteiger partial charge in [0, 0.05) is 19.8 Å². The van der Waals surface area contributed by atoms with Crippen LogP contribution in [0.3, 0.4) is 0 Å². The van der Waals surface area contributed by atoms with E-state index in [4.69, 9.17) is 0 Å². The summed E-state index contributed by atoms with van der Waals surface area (Å²) >= 11 is 0. The smallest absolute Gasteiger partial charge is 0.317 e. The first-order valence-corrected chi connectivity index (χ1v) is 7.83. The number of nitrogens with one attached hydrogen (secondary N) is 1. The van der Waals surface area contributed by atoms with Gasteiger partial charge in [-0.2, -0.15) is 0 Å². The summed E-state index contributed by atoms with van der Waals surface area (Å²) in [4.78, 5) is 18.2. The number of nitrogens with zero attached hydrogens (tertiary/aromatic N) is 2. The van der Waals surface area contributed by atoms with Crippen LogP contribution in [0.4, 0.5) is 9.18 Å². The number of aliphatic hydroxyl groups is 1. The van der Waals surface area contributed by atoms with Gasteiger partial charge in [0.15, 0.2) is 0 Å². The van der Waals surface area contributed by atoms with Crippen molar-refractivity contribution < 1.29 is 14.3 Å². The summed E-state index contributed by atoms with van der Waals surface area (Å²) < 4.78 is 13.6. The van der Waals surface area contributed by atoms with Gasteiger partial charge in [-0.25, -0.2) is 9.18 Å². The zero-order valence-corrected chi connectivity index (χ0v) is 13.8. The lowest BCUT2D eigenvalue weighted by Crippen LogP contribution is -2.41. The van der Waals surface area contributed by atoms with Gasteiger partial charge in [-0.15, -0.1) is 0 Å². The number of rotatable bonds is 6. The van der Waals surface area contributed by atoms with Gasteiger partial charge in [0.1, 0.15) is 5.82 Å². The second-order valence-corrected chi connectivity index (χ2v) is 5.75. The van der Waals surface area contributed by atoms with Gasteiger partial charge in [0.05, 0.1) is 17.8 Å². The Morgan fingerprint density at radius 1 is 1.33 bits per heavy atom. The van der Waals surface area contributed by atoms with E-state index in [1.165, 1.54) is 17.0 Å². The standard InChI is InChI=1S/C18H22FN3O2/c1-13(23)9-11-22(2)18(24)21-17(16-8-3-4-10-20-16)14-6-5-7-15(19)12-14/h3-8,10,12-13,17,23H,9,11H2,1-2H3,(H,21,24). The highest BCUT2D eigenvalue weighted by Crippen LogP contribution is 2.21. The third kappa shape index (κ3) is 5.03. The minimum atomic E-state index is -0.552. The first kappa shape index (κ1) is 17.9. The van der Waals surface area contributed by atoms with Crippen molar-refractivity contribution in [3.05, 3.63) is 65.7 Å². The SMILES string of the molecule is CC(O)CCN(C)C(=O)NC(c1cccc(F)c1)c1ccccn1. The van der Waals surface area contributed by atoms with E-state index < -0.39 is 12.1 Å². The number of carbonyl (C=O) groups excluding carboxylic acids is 1. The number of hydrogen-bond acceptors (Lipinski definition) is 3. The second-order valence-electron chi connectivity index (χ2n) is 5.75. The van der Waals surface area contributed by atoms with Crippen LogP contribution < -0.4 is 5.32 Å². The van der Waals surface area contributed by atoms with Gasteiger partial charge in [0.2, 0.25) is 0 Å². The Bertz CT molecular complexity index is 664. The molecule has 1 aromatic heterocycles. The molecule has 0 aliphatic carbocycles. The van der Waals surface area contributed by atoms with Gasteiger partial charge in [0.25, 0.3) is 0 Å². The molecule has 0 aliphatic heterocycles. The van der Waals surface area contributed by atoms with Crippen molar-refractivity contribution in [3.63, 3.8) is 0 Å². The molecule has 0 aliphatic rings. The zero-order chi connectivity index (χ0) is 17.5. The molecule has 5 nitrogen and oxygen atoms in total. The molecule has 6 heteroatoms. The highest BCUT2D eigenvalue weighted by Gasteiger charge is 2.20. The van der Waals surface area contributed by atoms with Gasteiger partial charge < -0.3 is 15.3 Å². The normalized spacial score (nSPS) is 13.2. The van der Waals surface area contributed by atoms with Crippen LogP contribution in [0.1, 0.15) is 30.6 Å². The minimum Gasteiger partial charge on any atom is -0.393 e. The zero-order valence-electron chi connectivity index (χ0n) is 13.8. The monoisotopic (exact) mass is 331 g/mol. The first-order chi connectivity index (χ1) is 11.5. The van der Waals surface area contributed by atoms with E-state index in [9.17, 15) is 14.3 Å². The number of hydrogen-bond donors (Lipinski definition) is 2. The maximum Gasteiger partial charge on any atom is 0.317 e. The fourth-order valence-electron chi connectivity index (χ4n) is 2.28. The van der Waals surface area contributed by atoms with Crippen molar-refractivity contribution in [2.24, 2.45) is 0 Å². The van der Waals surface area contributed by atoms with Crippen molar-refractivity contribution >= 4 is 6.03 Å². The molecular weight excluding hydrogens is 309 g/mol. The quantitative estimate of drug-likeness (QED) is 0.855. The van der Waals surface area contributed by atoms with Crippen LogP contribution in [-0.4, -0.2) is 40.7 Å². The molecule has 0 saturated carbocycles. The van der Waals surface area contributed by atoms with Crippen molar-refractivity contribution in [2.75, 3.05) is 13.6 Å². The predicted octanol–water partition coefficient (Wildman–Crippen LogP) is 2.72. The van der Waals surface area contributed by atoms with E-state index >= 15 is 0 Å². The van der Waals surface area contributed by atoms with Crippen LogP contribution in [0.25, 0.3) is 0 Å². The van der Waals surface area contributed by atoms with Crippen LogP contribution in [0.15, 0.2) is 48.7 Å². The van der Waals surface area contributed by atoms with Crippen LogP contribution >= 0.6 is 0 Å². The highest BCUT2D eigenvalue weighted by molar-refractivity contribution is 5.74. The first-order valence-electron chi connectivity index (χ1n) is 7.83. The molecule has 128 valence electrons. The number of benzene rings is 1. The Labute approximate surface area is 141 Å². The average Bonchev–Trinajstić information content (AvgIpc) is 2.58. The maximum atomic E-state index is 13.6. The molecule has 0 spiro atoms. The topological polar surface area (TPSA) is 65.5 Å². The van der Waals surface area contributed by atoms with E-state index in [-0.39, 0.29) is 11.8 Å². The van der Waals surface area contributed by atoms with Crippen LogP contribution in [0, 0.1) is 5.82 Å².